The Bertz CT molecular complexity index is 1810. The van der Waals surface area contributed by atoms with Crippen molar-refractivity contribution in [1.82, 2.24) is 0 Å². The van der Waals surface area contributed by atoms with Crippen molar-refractivity contribution in [3.63, 3.8) is 0 Å². The zero-order valence-electron chi connectivity index (χ0n) is 20.4. The Balaban J connectivity index is 1.44. The van der Waals surface area contributed by atoms with E-state index in [9.17, 15) is 0 Å². The standard InChI is InChI=1S/C36H25N/c1-3-13-29(14-4-1)37(30-15-5-2-6-16-30)31-22-19-27(20-23-31)35-25-28-12-8-9-17-32(28)34-24-21-26-11-7-10-18-33(26)36(34)35/h1-25H. The molecule has 1 nitrogen and oxygen atoms in total. The predicted molar refractivity (Wildman–Crippen MR) is 159 cm³/mol. The van der Waals surface area contributed by atoms with Crippen LogP contribution in [-0.2, 0) is 0 Å². The van der Waals surface area contributed by atoms with Gasteiger partial charge in [0.05, 0.1) is 0 Å². The van der Waals surface area contributed by atoms with Crippen LogP contribution in [0.25, 0.3) is 43.4 Å². The van der Waals surface area contributed by atoms with Crippen molar-refractivity contribution >= 4 is 49.4 Å². The van der Waals surface area contributed by atoms with Crippen molar-refractivity contribution in [3.8, 4) is 11.1 Å². The van der Waals surface area contributed by atoms with E-state index in [1.807, 2.05) is 0 Å². The average Bonchev–Trinajstić information content (AvgIpc) is 2.98. The lowest BCUT2D eigenvalue weighted by Crippen LogP contribution is -2.09. The SMILES string of the molecule is c1ccc(N(c2ccccc2)c2ccc(-c3cc4ccccc4c4ccc5ccccc5c34)cc2)cc1. The molecule has 37 heavy (non-hydrogen) atoms. The van der Waals surface area contributed by atoms with Gasteiger partial charge in [0.25, 0.3) is 0 Å². The molecule has 0 heterocycles. The van der Waals surface area contributed by atoms with Gasteiger partial charge in [-0.25, -0.2) is 0 Å². The van der Waals surface area contributed by atoms with Crippen LogP contribution in [0.5, 0.6) is 0 Å². The zero-order valence-corrected chi connectivity index (χ0v) is 20.4. The number of hydrogen-bond donors (Lipinski definition) is 0. The first kappa shape index (κ1) is 21.4. The monoisotopic (exact) mass is 471 g/mol. The minimum Gasteiger partial charge on any atom is -0.311 e. The van der Waals surface area contributed by atoms with E-state index in [-0.39, 0.29) is 0 Å². The highest BCUT2D eigenvalue weighted by Gasteiger charge is 2.14. The topological polar surface area (TPSA) is 3.24 Å². The van der Waals surface area contributed by atoms with Crippen molar-refractivity contribution in [2.24, 2.45) is 0 Å². The lowest BCUT2D eigenvalue weighted by molar-refractivity contribution is 1.28. The van der Waals surface area contributed by atoms with E-state index in [0.29, 0.717) is 0 Å². The molecular formula is C36H25N. The molecule has 0 aliphatic rings. The number of fused-ring (bicyclic) bond motifs is 5. The lowest BCUT2D eigenvalue weighted by Gasteiger charge is -2.25. The fraction of sp³-hybridized carbons (Fsp3) is 0. The minimum absolute atomic E-state index is 1.14. The van der Waals surface area contributed by atoms with Gasteiger partial charge in [0.1, 0.15) is 0 Å². The largest absolute Gasteiger partial charge is 0.311 e. The molecule has 0 spiro atoms. The number of nitrogens with zero attached hydrogens (tertiary/aromatic N) is 1. The molecule has 7 aromatic rings. The van der Waals surface area contributed by atoms with Gasteiger partial charge >= 0.3 is 0 Å². The van der Waals surface area contributed by atoms with Crippen LogP contribution in [0.1, 0.15) is 0 Å². The summed E-state index contributed by atoms with van der Waals surface area (Å²) in [6.45, 7) is 0. The quantitative estimate of drug-likeness (QED) is 0.231. The van der Waals surface area contributed by atoms with Crippen LogP contribution in [0, 0.1) is 0 Å². The molecule has 0 unspecified atom stereocenters. The van der Waals surface area contributed by atoms with Crippen LogP contribution in [-0.4, -0.2) is 0 Å². The van der Waals surface area contributed by atoms with Crippen LogP contribution in [0.3, 0.4) is 0 Å². The summed E-state index contributed by atoms with van der Waals surface area (Å²) in [4.78, 5) is 2.30. The summed E-state index contributed by atoms with van der Waals surface area (Å²) in [5.74, 6) is 0. The Labute approximate surface area is 216 Å². The van der Waals surface area contributed by atoms with Gasteiger partial charge in [0.2, 0.25) is 0 Å². The number of benzene rings is 7. The number of hydrogen-bond acceptors (Lipinski definition) is 1. The van der Waals surface area contributed by atoms with Gasteiger partial charge in [-0.3, -0.25) is 0 Å². The highest BCUT2D eigenvalue weighted by Crippen LogP contribution is 2.41. The van der Waals surface area contributed by atoms with E-state index in [1.54, 1.807) is 0 Å². The van der Waals surface area contributed by atoms with E-state index in [4.69, 9.17) is 0 Å². The fourth-order valence-corrected chi connectivity index (χ4v) is 5.50. The molecule has 7 aromatic carbocycles. The first-order chi connectivity index (χ1) is 18.4. The molecule has 0 saturated heterocycles. The lowest BCUT2D eigenvalue weighted by atomic mass is 9.90. The van der Waals surface area contributed by atoms with Gasteiger partial charge in [-0.15, -0.1) is 0 Å². The molecule has 0 aromatic heterocycles. The summed E-state index contributed by atoms with van der Waals surface area (Å²) in [5.41, 5.74) is 5.91. The van der Waals surface area contributed by atoms with Crippen LogP contribution in [0.4, 0.5) is 17.1 Å². The second-order valence-electron chi connectivity index (χ2n) is 9.41. The molecule has 0 aliphatic heterocycles. The van der Waals surface area contributed by atoms with Gasteiger partial charge in [-0.05, 0) is 85.9 Å². The van der Waals surface area contributed by atoms with Crippen molar-refractivity contribution < 1.29 is 0 Å². The average molecular weight is 472 g/mol. The molecular weight excluding hydrogens is 446 g/mol. The van der Waals surface area contributed by atoms with Gasteiger partial charge in [0.15, 0.2) is 0 Å². The molecule has 0 amide bonds. The van der Waals surface area contributed by atoms with Crippen LogP contribution in [0.2, 0.25) is 0 Å². The summed E-state index contributed by atoms with van der Waals surface area (Å²) in [5, 5.41) is 7.73. The number of anilines is 3. The predicted octanol–water partition coefficient (Wildman–Crippen LogP) is 10.3. The molecule has 0 fully saturated rings. The van der Waals surface area contributed by atoms with E-state index in [0.717, 1.165) is 17.1 Å². The van der Waals surface area contributed by atoms with Crippen LogP contribution >= 0.6 is 0 Å². The molecule has 7 rings (SSSR count). The summed E-state index contributed by atoms with van der Waals surface area (Å²) in [6, 6.07) is 54.4. The highest BCUT2D eigenvalue weighted by molar-refractivity contribution is 6.22. The maximum Gasteiger partial charge on any atom is 0.0462 e. The molecule has 0 aliphatic carbocycles. The Morgan fingerprint density at radius 2 is 0.892 bits per heavy atom. The molecule has 0 atom stereocenters. The first-order valence-electron chi connectivity index (χ1n) is 12.7. The van der Waals surface area contributed by atoms with Gasteiger partial charge in [0, 0.05) is 17.1 Å². The normalized spacial score (nSPS) is 11.2. The fourth-order valence-electron chi connectivity index (χ4n) is 5.50. The second kappa shape index (κ2) is 8.96. The molecule has 0 radical (unpaired) electrons. The maximum atomic E-state index is 2.35. The Morgan fingerprint density at radius 1 is 0.351 bits per heavy atom. The van der Waals surface area contributed by atoms with Crippen LogP contribution in [0.15, 0.2) is 152 Å². The van der Waals surface area contributed by atoms with Crippen molar-refractivity contribution in [1.29, 1.82) is 0 Å². The van der Waals surface area contributed by atoms with E-state index < -0.39 is 0 Å². The maximum absolute atomic E-state index is 2.35. The number of para-hydroxylation sites is 2. The van der Waals surface area contributed by atoms with E-state index in [1.165, 1.54) is 43.4 Å². The Kier molecular flexibility index (Phi) is 5.19. The summed E-state index contributed by atoms with van der Waals surface area (Å²) < 4.78 is 0. The summed E-state index contributed by atoms with van der Waals surface area (Å²) >= 11 is 0. The van der Waals surface area contributed by atoms with Crippen molar-refractivity contribution in [2.75, 3.05) is 4.90 Å². The summed E-state index contributed by atoms with van der Waals surface area (Å²) in [7, 11) is 0. The molecule has 174 valence electrons. The third kappa shape index (κ3) is 3.73. The zero-order chi connectivity index (χ0) is 24.6. The third-order valence-corrected chi connectivity index (χ3v) is 7.21. The van der Waals surface area contributed by atoms with Crippen molar-refractivity contribution in [2.45, 2.75) is 0 Å². The molecule has 0 bridgehead atoms. The number of rotatable bonds is 4. The molecule has 0 N–H and O–H groups in total. The van der Waals surface area contributed by atoms with Gasteiger partial charge in [-0.1, -0.05) is 109 Å². The van der Waals surface area contributed by atoms with Gasteiger partial charge in [-0.2, -0.15) is 0 Å². The van der Waals surface area contributed by atoms with Crippen LogP contribution < -0.4 is 4.90 Å². The smallest absolute Gasteiger partial charge is 0.0462 e. The second-order valence-corrected chi connectivity index (χ2v) is 9.41. The summed E-state index contributed by atoms with van der Waals surface area (Å²) in [6.07, 6.45) is 0. The van der Waals surface area contributed by atoms with Crippen molar-refractivity contribution in [3.05, 3.63) is 152 Å². The van der Waals surface area contributed by atoms with E-state index >= 15 is 0 Å². The third-order valence-electron chi connectivity index (χ3n) is 7.21. The molecule has 0 saturated carbocycles. The van der Waals surface area contributed by atoms with Gasteiger partial charge < -0.3 is 4.90 Å². The Hall–Kier alpha value is -4.88. The highest BCUT2D eigenvalue weighted by atomic mass is 15.1. The minimum atomic E-state index is 1.14. The molecule has 1 heteroatoms. The Morgan fingerprint density at radius 3 is 1.57 bits per heavy atom. The first-order valence-corrected chi connectivity index (χ1v) is 12.7. The van der Waals surface area contributed by atoms with E-state index in [2.05, 4.69) is 157 Å².